The zero-order valence-electron chi connectivity index (χ0n) is 11.3. The van der Waals surface area contributed by atoms with E-state index in [-0.39, 0.29) is 11.8 Å². The molecule has 0 bridgehead atoms. The summed E-state index contributed by atoms with van der Waals surface area (Å²) >= 11 is 1.48. The Labute approximate surface area is 117 Å². The van der Waals surface area contributed by atoms with Gasteiger partial charge in [-0.15, -0.1) is 11.3 Å². The molecule has 5 heteroatoms. The predicted octanol–water partition coefficient (Wildman–Crippen LogP) is 2.19. The second kappa shape index (κ2) is 6.70. The number of piperidine rings is 1. The Kier molecular flexibility index (Phi) is 4.96. The van der Waals surface area contributed by atoms with E-state index in [1.54, 1.807) is 0 Å². The maximum atomic E-state index is 11.9. The standard InChI is InChI=1S/C14H20N2O2S/c1-11-5-6-12(19-11)14(18)15-8-7-13(17)16-9-3-2-4-10-16/h5-6H,2-4,7-10H2,1H3,(H,15,18). The van der Waals surface area contributed by atoms with Crippen molar-refractivity contribution in [3.05, 3.63) is 21.9 Å². The summed E-state index contributed by atoms with van der Waals surface area (Å²) in [6.07, 6.45) is 3.83. The molecule has 0 atom stereocenters. The van der Waals surface area contributed by atoms with Crippen molar-refractivity contribution in [1.82, 2.24) is 10.2 Å². The highest BCUT2D eigenvalue weighted by molar-refractivity contribution is 7.13. The Morgan fingerprint density at radius 2 is 2.00 bits per heavy atom. The summed E-state index contributed by atoms with van der Waals surface area (Å²) in [6, 6.07) is 3.75. The Morgan fingerprint density at radius 1 is 1.26 bits per heavy atom. The molecule has 2 rings (SSSR count). The first-order valence-corrected chi connectivity index (χ1v) is 7.61. The number of nitrogens with zero attached hydrogens (tertiary/aromatic N) is 1. The Hall–Kier alpha value is -1.36. The number of aryl methyl sites for hydroxylation is 1. The van der Waals surface area contributed by atoms with E-state index < -0.39 is 0 Å². The number of hydrogen-bond acceptors (Lipinski definition) is 3. The molecule has 1 fully saturated rings. The fourth-order valence-electron chi connectivity index (χ4n) is 2.23. The van der Waals surface area contributed by atoms with Gasteiger partial charge in [0.1, 0.15) is 0 Å². The van der Waals surface area contributed by atoms with E-state index in [1.165, 1.54) is 17.8 Å². The first-order chi connectivity index (χ1) is 9.16. The highest BCUT2D eigenvalue weighted by atomic mass is 32.1. The van der Waals surface area contributed by atoms with Gasteiger partial charge in [0.15, 0.2) is 0 Å². The Morgan fingerprint density at radius 3 is 2.63 bits per heavy atom. The first-order valence-electron chi connectivity index (χ1n) is 6.79. The van der Waals surface area contributed by atoms with Gasteiger partial charge in [-0.05, 0) is 38.3 Å². The smallest absolute Gasteiger partial charge is 0.261 e. The van der Waals surface area contributed by atoms with Crippen molar-refractivity contribution in [1.29, 1.82) is 0 Å². The average molecular weight is 280 g/mol. The molecule has 1 aliphatic heterocycles. The fraction of sp³-hybridized carbons (Fsp3) is 0.571. The predicted molar refractivity (Wildman–Crippen MR) is 76.4 cm³/mol. The monoisotopic (exact) mass is 280 g/mol. The van der Waals surface area contributed by atoms with Crippen molar-refractivity contribution in [2.24, 2.45) is 0 Å². The van der Waals surface area contributed by atoms with E-state index in [4.69, 9.17) is 0 Å². The van der Waals surface area contributed by atoms with Crippen molar-refractivity contribution >= 4 is 23.2 Å². The zero-order valence-corrected chi connectivity index (χ0v) is 12.1. The van der Waals surface area contributed by atoms with Crippen molar-refractivity contribution in [2.45, 2.75) is 32.6 Å². The Bertz CT molecular complexity index is 450. The second-order valence-electron chi connectivity index (χ2n) is 4.86. The minimum Gasteiger partial charge on any atom is -0.351 e. The molecule has 1 aliphatic rings. The molecule has 1 aromatic rings. The molecule has 1 N–H and O–H groups in total. The van der Waals surface area contributed by atoms with E-state index in [2.05, 4.69) is 5.32 Å². The van der Waals surface area contributed by atoms with Crippen molar-refractivity contribution < 1.29 is 9.59 Å². The molecular formula is C14H20N2O2S. The van der Waals surface area contributed by atoms with Gasteiger partial charge < -0.3 is 10.2 Å². The summed E-state index contributed by atoms with van der Waals surface area (Å²) in [7, 11) is 0. The maximum Gasteiger partial charge on any atom is 0.261 e. The summed E-state index contributed by atoms with van der Waals surface area (Å²) in [5.74, 6) is 0.0758. The lowest BCUT2D eigenvalue weighted by molar-refractivity contribution is -0.131. The van der Waals surface area contributed by atoms with Gasteiger partial charge in [-0.1, -0.05) is 0 Å². The van der Waals surface area contributed by atoms with Crippen LogP contribution in [0.1, 0.15) is 40.2 Å². The third kappa shape index (κ3) is 4.06. The lowest BCUT2D eigenvalue weighted by atomic mass is 10.1. The van der Waals surface area contributed by atoms with Crippen molar-refractivity contribution in [3.8, 4) is 0 Å². The Balaban J connectivity index is 1.71. The number of rotatable bonds is 4. The van der Waals surface area contributed by atoms with Gasteiger partial charge in [-0.2, -0.15) is 0 Å². The number of hydrogen-bond donors (Lipinski definition) is 1. The highest BCUT2D eigenvalue weighted by Crippen LogP contribution is 2.14. The number of amides is 2. The van der Waals surface area contributed by atoms with Crippen molar-refractivity contribution in [3.63, 3.8) is 0 Å². The van der Waals surface area contributed by atoms with Gasteiger partial charge >= 0.3 is 0 Å². The molecule has 2 heterocycles. The number of likely N-dealkylation sites (tertiary alicyclic amines) is 1. The summed E-state index contributed by atoms with van der Waals surface area (Å²) < 4.78 is 0. The maximum absolute atomic E-state index is 11.9. The third-order valence-corrected chi connectivity index (χ3v) is 4.30. The lowest BCUT2D eigenvalue weighted by Crippen LogP contribution is -2.37. The second-order valence-corrected chi connectivity index (χ2v) is 6.15. The van der Waals surface area contributed by atoms with E-state index in [9.17, 15) is 9.59 Å². The quantitative estimate of drug-likeness (QED) is 0.919. The molecule has 0 spiro atoms. The average Bonchev–Trinajstić information content (AvgIpc) is 2.86. The molecule has 0 aromatic carbocycles. The molecule has 0 radical (unpaired) electrons. The number of carbonyl (C=O) groups excluding carboxylic acids is 2. The van der Waals surface area contributed by atoms with Crippen LogP contribution >= 0.6 is 11.3 Å². The molecule has 0 unspecified atom stereocenters. The van der Waals surface area contributed by atoms with Crippen LogP contribution in [0.15, 0.2) is 12.1 Å². The molecule has 104 valence electrons. The van der Waals surface area contributed by atoms with Gasteiger partial charge in [0.2, 0.25) is 5.91 Å². The molecule has 4 nitrogen and oxygen atoms in total. The van der Waals surface area contributed by atoms with Crippen LogP contribution in [-0.2, 0) is 4.79 Å². The van der Waals surface area contributed by atoms with Gasteiger partial charge in [-0.3, -0.25) is 9.59 Å². The van der Waals surface area contributed by atoms with Gasteiger partial charge in [0.05, 0.1) is 4.88 Å². The van der Waals surface area contributed by atoms with Crippen LogP contribution in [0.4, 0.5) is 0 Å². The zero-order chi connectivity index (χ0) is 13.7. The van der Waals surface area contributed by atoms with Gasteiger partial charge in [0, 0.05) is 30.9 Å². The van der Waals surface area contributed by atoms with Crippen LogP contribution in [0.2, 0.25) is 0 Å². The molecular weight excluding hydrogens is 260 g/mol. The largest absolute Gasteiger partial charge is 0.351 e. The minimum absolute atomic E-state index is 0.0791. The third-order valence-electron chi connectivity index (χ3n) is 3.30. The fourth-order valence-corrected chi connectivity index (χ4v) is 3.01. The summed E-state index contributed by atoms with van der Waals surface area (Å²) in [6.45, 7) is 4.14. The van der Waals surface area contributed by atoms with Crippen LogP contribution in [0, 0.1) is 6.92 Å². The topological polar surface area (TPSA) is 49.4 Å². The normalized spacial score (nSPS) is 15.3. The SMILES string of the molecule is Cc1ccc(C(=O)NCCC(=O)N2CCCCC2)s1. The number of thiophene rings is 1. The van der Waals surface area contributed by atoms with E-state index in [1.807, 2.05) is 24.0 Å². The van der Waals surface area contributed by atoms with Crippen LogP contribution in [0.25, 0.3) is 0 Å². The molecule has 1 aromatic heterocycles. The minimum atomic E-state index is -0.0791. The van der Waals surface area contributed by atoms with Gasteiger partial charge in [-0.25, -0.2) is 0 Å². The molecule has 0 aliphatic carbocycles. The van der Waals surface area contributed by atoms with Crippen LogP contribution in [0.3, 0.4) is 0 Å². The first kappa shape index (κ1) is 14.1. The number of nitrogens with one attached hydrogen (secondary N) is 1. The van der Waals surface area contributed by atoms with Crippen LogP contribution in [-0.4, -0.2) is 36.3 Å². The molecule has 0 saturated carbocycles. The molecule has 1 saturated heterocycles. The van der Waals surface area contributed by atoms with E-state index in [0.29, 0.717) is 17.8 Å². The summed E-state index contributed by atoms with van der Waals surface area (Å²) in [4.78, 5) is 27.4. The van der Waals surface area contributed by atoms with Crippen LogP contribution in [0.5, 0.6) is 0 Å². The van der Waals surface area contributed by atoms with E-state index >= 15 is 0 Å². The van der Waals surface area contributed by atoms with Crippen molar-refractivity contribution in [2.75, 3.05) is 19.6 Å². The highest BCUT2D eigenvalue weighted by Gasteiger charge is 2.16. The van der Waals surface area contributed by atoms with E-state index in [0.717, 1.165) is 30.8 Å². The molecule has 2 amide bonds. The molecule has 19 heavy (non-hydrogen) atoms. The number of carbonyl (C=O) groups is 2. The lowest BCUT2D eigenvalue weighted by Gasteiger charge is -2.26. The summed E-state index contributed by atoms with van der Waals surface area (Å²) in [5, 5.41) is 2.81. The summed E-state index contributed by atoms with van der Waals surface area (Å²) in [5.41, 5.74) is 0. The van der Waals surface area contributed by atoms with Crippen LogP contribution < -0.4 is 5.32 Å². The van der Waals surface area contributed by atoms with Gasteiger partial charge in [0.25, 0.3) is 5.91 Å².